The first-order valence-corrected chi connectivity index (χ1v) is 7.81. The van der Waals surface area contributed by atoms with Crippen LogP contribution in [0, 0.1) is 0 Å². The number of aliphatic hydroxyl groups excluding tert-OH is 1. The minimum Gasteiger partial charge on any atom is -0.393 e. The maximum atomic E-state index is 12.0. The van der Waals surface area contributed by atoms with Crippen molar-refractivity contribution in [3.8, 4) is 0 Å². The van der Waals surface area contributed by atoms with Crippen LogP contribution in [0.2, 0.25) is 0 Å². The van der Waals surface area contributed by atoms with Gasteiger partial charge >= 0.3 is 0 Å². The topological polar surface area (TPSA) is 61.8 Å². The highest BCUT2D eigenvalue weighted by molar-refractivity contribution is 5.78. The monoisotopic (exact) mass is 286 g/mol. The third-order valence-electron chi connectivity index (χ3n) is 3.81. The van der Waals surface area contributed by atoms with E-state index in [9.17, 15) is 9.90 Å². The highest BCUT2D eigenvalue weighted by atomic mass is 16.5. The van der Waals surface area contributed by atoms with Crippen LogP contribution in [0.5, 0.6) is 0 Å². The van der Waals surface area contributed by atoms with Gasteiger partial charge in [0.1, 0.15) is 0 Å². The minimum atomic E-state index is -0.301. The van der Waals surface area contributed by atoms with Crippen LogP contribution in [0.4, 0.5) is 0 Å². The number of methoxy groups -OCH3 is 1. The van der Waals surface area contributed by atoms with Gasteiger partial charge in [-0.2, -0.15) is 0 Å². The van der Waals surface area contributed by atoms with Crippen molar-refractivity contribution in [2.75, 3.05) is 33.4 Å². The van der Waals surface area contributed by atoms with E-state index < -0.39 is 0 Å². The molecule has 1 fully saturated rings. The van der Waals surface area contributed by atoms with Gasteiger partial charge in [-0.05, 0) is 39.2 Å². The van der Waals surface area contributed by atoms with E-state index in [1.54, 1.807) is 7.11 Å². The van der Waals surface area contributed by atoms with Crippen molar-refractivity contribution < 1.29 is 14.6 Å². The molecular formula is C15H30N2O3. The van der Waals surface area contributed by atoms with Crippen molar-refractivity contribution in [3.05, 3.63) is 0 Å². The van der Waals surface area contributed by atoms with Gasteiger partial charge in [0, 0.05) is 26.3 Å². The number of likely N-dealkylation sites (tertiary alicyclic amines) is 1. The summed E-state index contributed by atoms with van der Waals surface area (Å²) < 4.78 is 4.96. The van der Waals surface area contributed by atoms with Crippen LogP contribution in [0.25, 0.3) is 0 Å². The Labute approximate surface area is 122 Å². The van der Waals surface area contributed by atoms with Gasteiger partial charge in [0.25, 0.3) is 0 Å². The molecule has 2 N–H and O–H groups in total. The molecule has 1 aliphatic rings. The lowest BCUT2D eigenvalue weighted by Crippen LogP contribution is -2.44. The van der Waals surface area contributed by atoms with Gasteiger partial charge in [0.05, 0.1) is 12.6 Å². The number of rotatable bonds is 8. The van der Waals surface area contributed by atoms with E-state index in [0.29, 0.717) is 25.7 Å². The molecule has 0 aromatic carbocycles. The van der Waals surface area contributed by atoms with Gasteiger partial charge in [-0.15, -0.1) is 0 Å². The van der Waals surface area contributed by atoms with E-state index in [1.807, 2.05) is 6.92 Å². The number of amides is 1. The fourth-order valence-corrected chi connectivity index (χ4v) is 2.79. The van der Waals surface area contributed by atoms with Gasteiger partial charge in [-0.25, -0.2) is 0 Å². The van der Waals surface area contributed by atoms with E-state index in [2.05, 4.69) is 10.2 Å². The molecule has 2 atom stereocenters. The second-order valence-corrected chi connectivity index (χ2v) is 5.75. The maximum Gasteiger partial charge on any atom is 0.234 e. The summed E-state index contributed by atoms with van der Waals surface area (Å²) in [5.74, 6) is 0.0820. The molecule has 0 saturated carbocycles. The number of carbonyl (C=O) groups is 1. The van der Waals surface area contributed by atoms with Crippen LogP contribution in [0.1, 0.15) is 45.4 Å². The molecule has 1 amide bonds. The van der Waals surface area contributed by atoms with E-state index in [-0.39, 0.29) is 12.0 Å². The number of hydrogen-bond acceptors (Lipinski definition) is 4. The van der Waals surface area contributed by atoms with E-state index in [1.165, 1.54) is 12.8 Å². The maximum absolute atomic E-state index is 12.0. The van der Waals surface area contributed by atoms with Crippen molar-refractivity contribution in [2.24, 2.45) is 0 Å². The summed E-state index contributed by atoms with van der Waals surface area (Å²) >= 11 is 0. The summed E-state index contributed by atoms with van der Waals surface area (Å²) in [4.78, 5) is 14.2. The van der Waals surface area contributed by atoms with Crippen molar-refractivity contribution in [1.29, 1.82) is 0 Å². The predicted molar refractivity (Wildman–Crippen MR) is 79.6 cm³/mol. The SMILES string of the molecule is COCCCNC(=O)CN1CCCCCC1CC(C)O. The quantitative estimate of drug-likeness (QED) is 0.657. The average Bonchev–Trinajstić information content (AvgIpc) is 2.60. The molecule has 0 aromatic heterocycles. The number of nitrogens with one attached hydrogen (secondary N) is 1. The molecule has 2 unspecified atom stereocenters. The van der Waals surface area contributed by atoms with E-state index in [4.69, 9.17) is 4.74 Å². The third kappa shape index (κ3) is 7.22. The average molecular weight is 286 g/mol. The fourth-order valence-electron chi connectivity index (χ4n) is 2.79. The molecule has 1 rings (SSSR count). The number of nitrogens with zero attached hydrogens (tertiary/aromatic N) is 1. The zero-order valence-corrected chi connectivity index (χ0v) is 12.9. The Bertz CT molecular complexity index is 272. The fraction of sp³-hybridized carbons (Fsp3) is 0.933. The summed E-state index contributed by atoms with van der Waals surface area (Å²) in [5, 5.41) is 12.5. The summed E-state index contributed by atoms with van der Waals surface area (Å²) in [7, 11) is 1.67. The van der Waals surface area contributed by atoms with Crippen LogP contribution >= 0.6 is 0 Å². The van der Waals surface area contributed by atoms with Crippen LogP contribution in [-0.4, -0.2) is 61.4 Å². The van der Waals surface area contributed by atoms with Gasteiger partial charge in [-0.3, -0.25) is 9.69 Å². The number of aliphatic hydroxyl groups is 1. The lowest BCUT2D eigenvalue weighted by Gasteiger charge is -2.30. The Balaban J connectivity index is 2.37. The van der Waals surface area contributed by atoms with E-state index >= 15 is 0 Å². The zero-order valence-electron chi connectivity index (χ0n) is 12.9. The molecule has 5 nitrogen and oxygen atoms in total. The molecule has 118 valence electrons. The molecule has 1 saturated heterocycles. The smallest absolute Gasteiger partial charge is 0.234 e. The highest BCUT2D eigenvalue weighted by Crippen LogP contribution is 2.20. The first kappa shape index (κ1) is 17.4. The lowest BCUT2D eigenvalue weighted by atomic mass is 10.0. The van der Waals surface area contributed by atoms with Crippen LogP contribution in [0.3, 0.4) is 0 Å². The van der Waals surface area contributed by atoms with Crippen molar-refractivity contribution in [3.63, 3.8) is 0 Å². The van der Waals surface area contributed by atoms with Gasteiger partial charge in [-0.1, -0.05) is 12.8 Å². The standard InChI is InChI=1S/C15H30N2O3/c1-13(18)11-14-7-4-3-5-9-17(14)12-15(19)16-8-6-10-20-2/h13-14,18H,3-12H2,1-2H3,(H,16,19). The van der Waals surface area contributed by atoms with Gasteiger partial charge < -0.3 is 15.2 Å². The van der Waals surface area contributed by atoms with Gasteiger partial charge in [0.2, 0.25) is 5.91 Å². The number of hydrogen-bond donors (Lipinski definition) is 2. The van der Waals surface area contributed by atoms with Crippen molar-refractivity contribution >= 4 is 5.91 Å². The molecule has 0 aromatic rings. The van der Waals surface area contributed by atoms with Crippen molar-refractivity contribution in [2.45, 2.75) is 57.6 Å². The summed E-state index contributed by atoms with van der Waals surface area (Å²) in [6, 6.07) is 0.335. The zero-order chi connectivity index (χ0) is 14.8. The Kier molecular flexibility index (Phi) is 8.82. The predicted octanol–water partition coefficient (Wildman–Crippen LogP) is 1.15. The minimum absolute atomic E-state index is 0.0820. The lowest BCUT2D eigenvalue weighted by molar-refractivity contribution is -0.123. The molecule has 1 heterocycles. The van der Waals surface area contributed by atoms with Crippen LogP contribution in [-0.2, 0) is 9.53 Å². The Morgan fingerprint density at radius 3 is 2.95 bits per heavy atom. The number of carbonyl (C=O) groups excluding carboxylic acids is 1. The van der Waals surface area contributed by atoms with Gasteiger partial charge in [0.15, 0.2) is 0 Å². The third-order valence-corrected chi connectivity index (χ3v) is 3.81. The second-order valence-electron chi connectivity index (χ2n) is 5.75. The Morgan fingerprint density at radius 2 is 2.25 bits per heavy atom. The molecule has 0 spiro atoms. The normalized spacial score (nSPS) is 22.2. The number of ether oxygens (including phenoxy) is 1. The molecule has 0 aliphatic carbocycles. The summed E-state index contributed by atoms with van der Waals surface area (Å²) in [6.45, 7) is 4.58. The first-order chi connectivity index (χ1) is 9.63. The largest absolute Gasteiger partial charge is 0.393 e. The molecule has 1 aliphatic heterocycles. The molecule has 0 bridgehead atoms. The van der Waals surface area contributed by atoms with Crippen molar-refractivity contribution in [1.82, 2.24) is 10.2 Å². The summed E-state index contributed by atoms with van der Waals surface area (Å²) in [5.41, 5.74) is 0. The molecular weight excluding hydrogens is 256 g/mol. The summed E-state index contributed by atoms with van der Waals surface area (Å²) in [6.07, 6.45) is 5.96. The highest BCUT2D eigenvalue weighted by Gasteiger charge is 2.23. The van der Waals surface area contributed by atoms with Crippen LogP contribution in [0.15, 0.2) is 0 Å². The van der Waals surface area contributed by atoms with E-state index in [0.717, 1.165) is 32.2 Å². The Morgan fingerprint density at radius 1 is 1.45 bits per heavy atom. The van der Waals surface area contributed by atoms with Crippen LogP contribution < -0.4 is 5.32 Å². The molecule has 20 heavy (non-hydrogen) atoms. The first-order valence-electron chi connectivity index (χ1n) is 7.81. The molecule has 0 radical (unpaired) electrons. The Hall–Kier alpha value is -0.650. The second kappa shape index (κ2) is 10.1. The molecule has 5 heteroatoms.